The minimum atomic E-state index is -4.18. The van der Waals surface area contributed by atoms with Crippen molar-refractivity contribution in [1.29, 1.82) is 0 Å². The van der Waals surface area contributed by atoms with Gasteiger partial charge in [-0.2, -0.15) is 13.2 Å². The van der Waals surface area contributed by atoms with E-state index in [-0.39, 0.29) is 42.6 Å². The lowest BCUT2D eigenvalue weighted by molar-refractivity contribution is -0.187. The van der Waals surface area contributed by atoms with Crippen molar-refractivity contribution in [2.24, 2.45) is 23.0 Å². The first-order valence-electron chi connectivity index (χ1n) is 7.72. The summed E-state index contributed by atoms with van der Waals surface area (Å²) in [6, 6.07) is 0.0378. The van der Waals surface area contributed by atoms with Crippen molar-refractivity contribution in [1.82, 2.24) is 4.90 Å². The van der Waals surface area contributed by atoms with Gasteiger partial charge < -0.3 is 10.6 Å². The van der Waals surface area contributed by atoms with Crippen LogP contribution in [0, 0.1) is 17.3 Å². The van der Waals surface area contributed by atoms with E-state index in [9.17, 15) is 18.0 Å². The zero-order valence-corrected chi connectivity index (χ0v) is 14.0. The summed E-state index contributed by atoms with van der Waals surface area (Å²) in [6.45, 7) is 5.13. The van der Waals surface area contributed by atoms with Gasteiger partial charge in [-0.15, -0.1) is 12.4 Å². The predicted molar refractivity (Wildman–Crippen MR) is 81.7 cm³/mol. The topological polar surface area (TPSA) is 46.3 Å². The van der Waals surface area contributed by atoms with Crippen LogP contribution >= 0.6 is 12.4 Å². The van der Waals surface area contributed by atoms with Gasteiger partial charge in [0.1, 0.15) is 0 Å². The van der Waals surface area contributed by atoms with Crippen molar-refractivity contribution < 1.29 is 18.0 Å². The van der Waals surface area contributed by atoms with Gasteiger partial charge in [-0.05, 0) is 31.1 Å². The zero-order valence-electron chi connectivity index (χ0n) is 13.2. The Bertz CT molecular complexity index is 401. The summed E-state index contributed by atoms with van der Waals surface area (Å²) in [5.74, 6) is -1.90. The second-order valence-electron chi connectivity index (χ2n) is 7.25. The maximum atomic E-state index is 12.9. The number of alkyl halides is 3. The summed E-state index contributed by atoms with van der Waals surface area (Å²) in [5, 5.41) is 0. The number of rotatable bonds is 1. The summed E-state index contributed by atoms with van der Waals surface area (Å²) < 4.78 is 38.6. The number of likely N-dealkylation sites (tertiary alicyclic amines) is 1. The Morgan fingerprint density at radius 2 is 1.86 bits per heavy atom. The average Bonchev–Trinajstić information content (AvgIpc) is 2.40. The molecule has 0 aromatic heterocycles. The van der Waals surface area contributed by atoms with Gasteiger partial charge >= 0.3 is 6.18 Å². The van der Waals surface area contributed by atoms with Crippen molar-refractivity contribution in [3.8, 4) is 0 Å². The largest absolute Gasteiger partial charge is 0.391 e. The van der Waals surface area contributed by atoms with Crippen molar-refractivity contribution in [3.63, 3.8) is 0 Å². The molecule has 0 radical (unpaired) electrons. The third-order valence-corrected chi connectivity index (χ3v) is 5.11. The molecule has 2 fully saturated rings. The van der Waals surface area contributed by atoms with E-state index >= 15 is 0 Å². The van der Waals surface area contributed by atoms with Crippen LogP contribution < -0.4 is 5.73 Å². The molecule has 1 saturated carbocycles. The number of amides is 1. The summed E-state index contributed by atoms with van der Waals surface area (Å²) >= 11 is 0. The van der Waals surface area contributed by atoms with Gasteiger partial charge in [0.25, 0.3) is 0 Å². The molecule has 1 amide bonds. The standard InChI is InChI=1S/C15H25F3N2O.ClH/c1-14(2)9-20(7-6-12(14)19)13(21)10-4-3-5-11(8-10)15(16,17)18;/h10-12H,3-9,19H2,1-2H3;1H. The molecule has 1 aliphatic carbocycles. The number of hydrogen-bond acceptors (Lipinski definition) is 2. The Morgan fingerprint density at radius 3 is 2.41 bits per heavy atom. The molecule has 7 heteroatoms. The van der Waals surface area contributed by atoms with E-state index in [2.05, 4.69) is 0 Å². The van der Waals surface area contributed by atoms with Crippen LogP contribution in [0.1, 0.15) is 46.0 Å². The van der Waals surface area contributed by atoms with E-state index in [0.29, 0.717) is 32.4 Å². The zero-order chi connectivity index (χ0) is 15.8. The fraction of sp³-hybridized carbons (Fsp3) is 0.933. The van der Waals surface area contributed by atoms with Gasteiger partial charge in [-0.3, -0.25) is 4.79 Å². The molecule has 1 aliphatic heterocycles. The molecule has 2 rings (SSSR count). The number of carbonyl (C=O) groups is 1. The van der Waals surface area contributed by atoms with Gasteiger partial charge in [0.2, 0.25) is 5.91 Å². The Labute approximate surface area is 136 Å². The van der Waals surface area contributed by atoms with Crippen LogP contribution in [0.4, 0.5) is 13.2 Å². The van der Waals surface area contributed by atoms with Gasteiger partial charge in [-0.25, -0.2) is 0 Å². The van der Waals surface area contributed by atoms with Gasteiger partial charge in [0, 0.05) is 25.0 Å². The molecule has 3 nitrogen and oxygen atoms in total. The maximum Gasteiger partial charge on any atom is 0.391 e. The van der Waals surface area contributed by atoms with Crippen molar-refractivity contribution in [3.05, 3.63) is 0 Å². The average molecular weight is 343 g/mol. The lowest BCUT2D eigenvalue weighted by atomic mass is 9.77. The molecule has 2 N–H and O–H groups in total. The molecule has 3 atom stereocenters. The highest BCUT2D eigenvalue weighted by molar-refractivity contribution is 5.85. The van der Waals surface area contributed by atoms with Crippen LogP contribution in [0.25, 0.3) is 0 Å². The number of halogens is 4. The molecular weight excluding hydrogens is 317 g/mol. The third-order valence-electron chi connectivity index (χ3n) is 5.11. The highest BCUT2D eigenvalue weighted by Crippen LogP contribution is 2.41. The SMILES string of the molecule is CC1(C)CN(C(=O)C2CCCC(C(F)(F)F)C2)CCC1N.Cl. The second-order valence-corrected chi connectivity index (χ2v) is 7.25. The summed E-state index contributed by atoms with van der Waals surface area (Å²) in [5.41, 5.74) is 5.87. The van der Waals surface area contributed by atoms with Crippen LogP contribution in [0.5, 0.6) is 0 Å². The second kappa shape index (κ2) is 6.95. The van der Waals surface area contributed by atoms with Gasteiger partial charge in [-0.1, -0.05) is 20.3 Å². The predicted octanol–water partition coefficient (Wildman–Crippen LogP) is 3.36. The van der Waals surface area contributed by atoms with Crippen LogP contribution in [0.3, 0.4) is 0 Å². The Balaban J connectivity index is 0.00000242. The first-order valence-corrected chi connectivity index (χ1v) is 7.72. The van der Waals surface area contributed by atoms with Crippen molar-refractivity contribution >= 4 is 18.3 Å². The molecule has 0 spiro atoms. The Hall–Kier alpha value is -0.490. The summed E-state index contributed by atoms with van der Waals surface area (Å²) in [7, 11) is 0. The van der Waals surface area contributed by atoms with Crippen LogP contribution in [-0.2, 0) is 4.79 Å². The Morgan fingerprint density at radius 1 is 1.23 bits per heavy atom. The van der Waals surface area contributed by atoms with Crippen LogP contribution in [0.2, 0.25) is 0 Å². The van der Waals surface area contributed by atoms with Gasteiger partial charge in [0.05, 0.1) is 5.92 Å². The van der Waals surface area contributed by atoms with Crippen molar-refractivity contribution in [2.45, 2.75) is 58.2 Å². The number of piperidine rings is 1. The molecule has 1 heterocycles. The lowest BCUT2D eigenvalue weighted by Gasteiger charge is -2.44. The summed E-state index contributed by atoms with van der Waals surface area (Å²) in [6.07, 6.45) is -2.29. The first-order chi connectivity index (χ1) is 9.61. The molecule has 130 valence electrons. The number of carbonyl (C=O) groups excluding carboxylic acids is 1. The van der Waals surface area contributed by atoms with E-state index in [0.717, 1.165) is 0 Å². The van der Waals surface area contributed by atoms with Crippen LogP contribution in [0.15, 0.2) is 0 Å². The molecular formula is C15H26ClF3N2O. The number of hydrogen-bond donors (Lipinski definition) is 1. The van der Waals surface area contributed by atoms with E-state index in [1.807, 2.05) is 13.8 Å². The molecule has 0 bridgehead atoms. The molecule has 0 aromatic carbocycles. The van der Waals surface area contributed by atoms with E-state index in [1.165, 1.54) is 0 Å². The molecule has 2 aliphatic rings. The maximum absolute atomic E-state index is 12.9. The minimum absolute atomic E-state index is 0. The summed E-state index contributed by atoms with van der Waals surface area (Å²) in [4.78, 5) is 14.3. The monoisotopic (exact) mass is 342 g/mol. The number of nitrogens with zero attached hydrogens (tertiary/aromatic N) is 1. The van der Waals surface area contributed by atoms with E-state index < -0.39 is 18.0 Å². The molecule has 3 unspecified atom stereocenters. The third kappa shape index (κ3) is 4.28. The highest BCUT2D eigenvalue weighted by atomic mass is 35.5. The first kappa shape index (κ1) is 19.6. The normalized spacial score (nSPS) is 32.3. The smallest absolute Gasteiger partial charge is 0.342 e. The Kier molecular flexibility index (Phi) is 6.18. The lowest BCUT2D eigenvalue weighted by Crippen LogP contribution is -2.55. The number of nitrogens with two attached hydrogens (primary N) is 1. The van der Waals surface area contributed by atoms with Gasteiger partial charge in [0.15, 0.2) is 0 Å². The quantitative estimate of drug-likeness (QED) is 0.794. The minimum Gasteiger partial charge on any atom is -0.342 e. The fourth-order valence-electron chi connectivity index (χ4n) is 3.53. The molecule has 22 heavy (non-hydrogen) atoms. The van der Waals surface area contributed by atoms with Crippen molar-refractivity contribution in [2.75, 3.05) is 13.1 Å². The van der Waals surface area contributed by atoms with Crippen LogP contribution in [-0.4, -0.2) is 36.1 Å². The molecule has 1 saturated heterocycles. The molecule has 0 aromatic rings. The highest BCUT2D eigenvalue weighted by Gasteiger charge is 2.45. The van der Waals surface area contributed by atoms with E-state index in [4.69, 9.17) is 5.73 Å². The van der Waals surface area contributed by atoms with E-state index in [1.54, 1.807) is 4.90 Å². The fourth-order valence-corrected chi connectivity index (χ4v) is 3.53.